The van der Waals surface area contributed by atoms with Crippen LogP contribution in [0, 0.1) is 19.7 Å². The maximum Gasteiger partial charge on any atom is 0.262 e. The minimum absolute atomic E-state index is 0.0507. The second kappa shape index (κ2) is 11.0. The molecule has 0 spiro atoms. The summed E-state index contributed by atoms with van der Waals surface area (Å²) in [5, 5.41) is 2.48. The number of nitrogens with zero attached hydrogens (tertiary/aromatic N) is 1. The Kier molecular flexibility index (Phi) is 7.65. The molecule has 6 nitrogen and oxygen atoms in total. The van der Waals surface area contributed by atoms with Gasteiger partial charge in [0, 0.05) is 25.9 Å². The van der Waals surface area contributed by atoms with Crippen molar-refractivity contribution >= 4 is 17.5 Å². The summed E-state index contributed by atoms with van der Waals surface area (Å²) in [5.74, 6) is -0.0253. The Balaban J connectivity index is 1.32. The van der Waals surface area contributed by atoms with E-state index >= 15 is 0 Å². The molecular formula is C28H29FN2O4. The monoisotopic (exact) mass is 476 g/mol. The smallest absolute Gasteiger partial charge is 0.262 e. The van der Waals surface area contributed by atoms with Crippen molar-refractivity contribution in [3.63, 3.8) is 0 Å². The second-order valence-corrected chi connectivity index (χ2v) is 8.67. The molecule has 7 heteroatoms. The molecule has 4 rings (SSSR count). The number of piperidine rings is 1. The number of rotatable bonds is 7. The third kappa shape index (κ3) is 6.18. The van der Waals surface area contributed by atoms with Crippen LogP contribution in [0.15, 0.2) is 66.7 Å². The summed E-state index contributed by atoms with van der Waals surface area (Å²) in [5.41, 5.74) is 2.88. The first kappa shape index (κ1) is 24.3. The lowest BCUT2D eigenvalue weighted by molar-refractivity contribution is -0.118. The molecule has 35 heavy (non-hydrogen) atoms. The normalized spacial score (nSPS) is 13.9. The van der Waals surface area contributed by atoms with Crippen LogP contribution in [0.5, 0.6) is 11.5 Å². The van der Waals surface area contributed by atoms with Crippen LogP contribution in [0.1, 0.15) is 34.3 Å². The number of anilines is 1. The predicted molar refractivity (Wildman–Crippen MR) is 132 cm³/mol. The van der Waals surface area contributed by atoms with Gasteiger partial charge in [-0.3, -0.25) is 9.59 Å². The number of nitrogens with one attached hydrogen (secondary N) is 1. The van der Waals surface area contributed by atoms with Crippen LogP contribution in [0.3, 0.4) is 0 Å². The van der Waals surface area contributed by atoms with Crippen LogP contribution in [0.25, 0.3) is 0 Å². The van der Waals surface area contributed by atoms with E-state index in [1.807, 2.05) is 12.1 Å². The van der Waals surface area contributed by atoms with Gasteiger partial charge in [0.1, 0.15) is 23.4 Å². The molecule has 1 saturated heterocycles. The molecule has 1 fully saturated rings. The van der Waals surface area contributed by atoms with Crippen molar-refractivity contribution in [2.75, 3.05) is 25.0 Å². The van der Waals surface area contributed by atoms with Gasteiger partial charge < -0.3 is 19.7 Å². The van der Waals surface area contributed by atoms with E-state index in [2.05, 4.69) is 25.2 Å². The number of benzene rings is 3. The standard InChI is InChI=1S/C28H29FN2O4/c1-19-11-12-22(17-20(19)2)35-21-13-15-31(16-14-21)28(33)23-7-3-6-10-26(23)34-18-27(32)30-25-9-5-4-8-24(25)29/h3-12,17,21H,13-16,18H2,1-2H3,(H,30,32). The van der Waals surface area contributed by atoms with Gasteiger partial charge in [0.25, 0.3) is 11.8 Å². The predicted octanol–water partition coefficient (Wildman–Crippen LogP) is 5.14. The maximum absolute atomic E-state index is 13.8. The van der Waals surface area contributed by atoms with Gasteiger partial charge in [-0.15, -0.1) is 0 Å². The molecule has 0 atom stereocenters. The lowest BCUT2D eigenvalue weighted by Gasteiger charge is -2.32. The van der Waals surface area contributed by atoms with Gasteiger partial charge in [0.05, 0.1) is 11.3 Å². The summed E-state index contributed by atoms with van der Waals surface area (Å²) in [4.78, 5) is 27.2. The Morgan fingerprint density at radius 2 is 1.69 bits per heavy atom. The lowest BCUT2D eigenvalue weighted by Crippen LogP contribution is -2.42. The first-order valence-corrected chi connectivity index (χ1v) is 11.7. The fourth-order valence-electron chi connectivity index (χ4n) is 3.99. The van der Waals surface area contributed by atoms with Gasteiger partial charge in [-0.2, -0.15) is 0 Å². The van der Waals surface area contributed by atoms with Gasteiger partial charge in [-0.05, 0) is 61.4 Å². The highest BCUT2D eigenvalue weighted by molar-refractivity contribution is 5.97. The Morgan fingerprint density at radius 1 is 0.971 bits per heavy atom. The van der Waals surface area contributed by atoms with E-state index in [9.17, 15) is 14.0 Å². The number of aryl methyl sites for hydroxylation is 2. The molecule has 2 amide bonds. The number of para-hydroxylation sites is 2. The van der Waals surface area contributed by atoms with Crippen molar-refractivity contribution in [2.24, 2.45) is 0 Å². The summed E-state index contributed by atoms with van der Waals surface area (Å²) in [6.07, 6.45) is 1.51. The number of hydrogen-bond donors (Lipinski definition) is 1. The summed E-state index contributed by atoms with van der Waals surface area (Å²) >= 11 is 0. The molecule has 0 aliphatic carbocycles. The second-order valence-electron chi connectivity index (χ2n) is 8.67. The molecule has 1 N–H and O–H groups in total. The summed E-state index contributed by atoms with van der Waals surface area (Å²) in [6, 6.07) is 18.8. The van der Waals surface area contributed by atoms with Crippen molar-refractivity contribution in [1.29, 1.82) is 0 Å². The van der Waals surface area contributed by atoms with E-state index in [4.69, 9.17) is 9.47 Å². The van der Waals surface area contributed by atoms with Crippen molar-refractivity contribution in [1.82, 2.24) is 4.90 Å². The average Bonchev–Trinajstić information content (AvgIpc) is 2.87. The minimum Gasteiger partial charge on any atom is -0.490 e. The molecule has 182 valence electrons. The zero-order valence-electron chi connectivity index (χ0n) is 19.9. The van der Waals surface area contributed by atoms with E-state index in [0.29, 0.717) is 24.4 Å². The van der Waals surface area contributed by atoms with Crippen LogP contribution in [0.2, 0.25) is 0 Å². The first-order chi connectivity index (χ1) is 16.9. The molecule has 0 aromatic heterocycles. The lowest BCUT2D eigenvalue weighted by atomic mass is 10.1. The number of amides is 2. The number of ether oxygens (including phenoxy) is 2. The number of carbonyl (C=O) groups excluding carboxylic acids is 2. The number of halogens is 1. The van der Waals surface area contributed by atoms with E-state index < -0.39 is 11.7 Å². The molecule has 1 aliphatic heterocycles. The van der Waals surface area contributed by atoms with E-state index in [0.717, 1.165) is 18.6 Å². The molecule has 3 aromatic carbocycles. The van der Waals surface area contributed by atoms with Gasteiger partial charge in [0.15, 0.2) is 6.61 Å². The summed E-state index contributed by atoms with van der Waals surface area (Å²) < 4.78 is 25.5. The van der Waals surface area contributed by atoms with Crippen LogP contribution in [-0.2, 0) is 4.79 Å². The van der Waals surface area contributed by atoms with Crippen molar-refractivity contribution in [2.45, 2.75) is 32.8 Å². The summed E-state index contributed by atoms with van der Waals surface area (Å²) in [7, 11) is 0. The average molecular weight is 477 g/mol. The van der Waals surface area contributed by atoms with Crippen LogP contribution in [0.4, 0.5) is 10.1 Å². The molecule has 0 saturated carbocycles. The van der Waals surface area contributed by atoms with E-state index in [1.165, 1.54) is 23.3 Å². The van der Waals surface area contributed by atoms with Gasteiger partial charge in [-0.1, -0.05) is 30.3 Å². The van der Waals surface area contributed by atoms with E-state index in [1.54, 1.807) is 41.3 Å². The Labute approximate surface area is 204 Å². The molecule has 0 radical (unpaired) electrons. The maximum atomic E-state index is 13.8. The highest BCUT2D eigenvalue weighted by atomic mass is 19.1. The zero-order valence-corrected chi connectivity index (χ0v) is 19.9. The first-order valence-electron chi connectivity index (χ1n) is 11.7. The van der Waals surface area contributed by atoms with Crippen LogP contribution in [-0.4, -0.2) is 42.5 Å². The van der Waals surface area contributed by atoms with Gasteiger partial charge in [0.2, 0.25) is 0 Å². The highest BCUT2D eigenvalue weighted by Crippen LogP contribution is 2.25. The van der Waals surface area contributed by atoms with E-state index in [-0.39, 0.29) is 24.3 Å². The number of carbonyl (C=O) groups is 2. The van der Waals surface area contributed by atoms with Crippen LogP contribution < -0.4 is 14.8 Å². The zero-order chi connectivity index (χ0) is 24.8. The van der Waals surface area contributed by atoms with Crippen LogP contribution >= 0.6 is 0 Å². The molecule has 1 aliphatic rings. The molecule has 3 aromatic rings. The third-order valence-corrected chi connectivity index (χ3v) is 6.13. The van der Waals surface area contributed by atoms with Gasteiger partial charge >= 0.3 is 0 Å². The van der Waals surface area contributed by atoms with Gasteiger partial charge in [-0.25, -0.2) is 4.39 Å². The molecular weight excluding hydrogens is 447 g/mol. The Morgan fingerprint density at radius 3 is 2.43 bits per heavy atom. The minimum atomic E-state index is -0.527. The number of hydrogen-bond acceptors (Lipinski definition) is 4. The molecule has 1 heterocycles. The number of likely N-dealkylation sites (tertiary alicyclic amines) is 1. The highest BCUT2D eigenvalue weighted by Gasteiger charge is 2.26. The Bertz CT molecular complexity index is 1210. The quantitative estimate of drug-likeness (QED) is 0.513. The molecule has 0 unspecified atom stereocenters. The van der Waals surface area contributed by atoms with Crippen molar-refractivity contribution in [3.8, 4) is 11.5 Å². The summed E-state index contributed by atoms with van der Waals surface area (Å²) in [6.45, 7) is 4.92. The largest absolute Gasteiger partial charge is 0.490 e. The Hall–Kier alpha value is -3.87. The fourth-order valence-corrected chi connectivity index (χ4v) is 3.99. The topological polar surface area (TPSA) is 67.9 Å². The fraction of sp³-hybridized carbons (Fsp3) is 0.286. The SMILES string of the molecule is Cc1ccc(OC2CCN(C(=O)c3ccccc3OCC(=O)Nc3ccccc3F)CC2)cc1C. The van der Waals surface area contributed by atoms with Crippen molar-refractivity contribution < 1.29 is 23.5 Å². The third-order valence-electron chi connectivity index (χ3n) is 6.13. The van der Waals surface area contributed by atoms with Crippen molar-refractivity contribution in [3.05, 3.63) is 89.2 Å². The molecule has 0 bridgehead atoms.